The van der Waals surface area contributed by atoms with Crippen LogP contribution < -0.4 is 0 Å². The quantitative estimate of drug-likeness (QED) is 0.748. The van der Waals surface area contributed by atoms with Gasteiger partial charge in [-0.15, -0.1) is 4.48 Å². The Hall–Kier alpha value is -1.63. The summed E-state index contributed by atoms with van der Waals surface area (Å²) in [6.07, 6.45) is -1.07. The van der Waals surface area contributed by atoms with Crippen molar-refractivity contribution in [3.8, 4) is 0 Å². The number of likely N-dealkylation sites (tertiary alicyclic amines) is 1. The maximum atomic E-state index is 12.6. The van der Waals surface area contributed by atoms with Crippen LogP contribution in [0.1, 0.15) is 54.4 Å². The van der Waals surface area contributed by atoms with Crippen molar-refractivity contribution in [1.82, 2.24) is 0 Å². The maximum absolute atomic E-state index is 12.6. The molecule has 0 unspecified atom stereocenters. The zero-order valence-electron chi connectivity index (χ0n) is 14.1. The summed E-state index contributed by atoms with van der Waals surface area (Å²) in [5, 5.41) is 9.41. The number of nitrogens with zero attached hydrogens (tertiary/aromatic N) is 1. The van der Waals surface area contributed by atoms with Gasteiger partial charge in [0.15, 0.2) is 0 Å². The Balaban J connectivity index is 3.24. The Morgan fingerprint density at radius 2 is 1.36 bits per heavy atom. The molecule has 0 spiro atoms. The molecular formula is C15H26NO6+. The van der Waals surface area contributed by atoms with Gasteiger partial charge in [-0.2, -0.15) is 9.59 Å². The molecule has 0 bridgehead atoms. The van der Waals surface area contributed by atoms with Crippen molar-refractivity contribution < 1.29 is 33.4 Å². The smallest absolute Gasteiger partial charge is 0.477 e. The summed E-state index contributed by atoms with van der Waals surface area (Å²) in [6.45, 7) is 10.1. The molecule has 1 heterocycles. The molecule has 1 rings (SSSR count). The molecule has 0 saturated carbocycles. The highest BCUT2D eigenvalue weighted by Crippen LogP contribution is 2.33. The molecule has 0 aromatic carbocycles. The van der Waals surface area contributed by atoms with Crippen molar-refractivity contribution in [3.63, 3.8) is 0 Å². The molecule has 1 atom stereocenters. The minimum Gasteiger partial charge on any atom is -0.477 e. The molecule has 1 N–H and O–H groups in total. The standard InChI is InChI=1S/C15H25NO6/c1-14(2,3)21-12(19)16(13(20)22-15(4,5)6)9-7-8-10(16)11(17)18/h10H,7-9H2,1-6H3/p+1/t10-/m0/s1. The number of carbonyl (C=O) groups excluding carboxylic acids is 2. The number of amides is 2. The first-order chi connectivity index (χ1) is 9.79. The second kappa shape index (κ2) is 5.87. The number of ether oxygens (including phenoxy) is 2. The Morgan fingerprint density at radius 1 is 0.955 bits per heavy atom. The van der Waals surface area contributed by atoms with E-state index in [-0.39, 0.29) is 13.0 Å². The number of carboxylic acid groups (broad SMARTS) is 1. The van der Waals surface area contributed by atoms with Gasteiger partial charge in [-0.05, 0) is 41.5 Å². The normalized spacial score (nSPS) is 21.3. The number of quaternary nitrogens is 1. The third-order valence-corrected chi connectivity index (χ3v) is 3.24. The summed E-state index contributed by atoms with van der Waals surface area (Å²) < 4.78 is 9.68. The van der Waals surface area contributed by atoms with Crippen LogP contribution in [0.25, 0.3) is 0 Å². The van der Waals surface area contributed by atoms with E-state index in [1.807, 2.05) is 0 Å². The van der Waals surface area contributed by atoms with Crippen LogP contribution in [0.4, 0.5) is 9.59 Å². The monoisotopic (exact) mass is 316 g/mol. The molecule has 0 aliphatic carbocycles. The van der Waals surface area contributed by atoms with Crippen LogP contribution in [-0.2, 0) is 14.3 Å². The molecule has 0 radical (unpaired) electrons. The first-order valence-electron chi connectivity index (χ1n) is 7.37. The van der Waals surface area contributed by atoms with E-state index in [2.05, 4.69) is 0 Å². The molecule has 0 aromatic rings. The number of carboxylic acids is 1. The fraction of sp³-hybridized carbons (Fsp3) is 0.800. The van der Waals surface area contributed by atoms with Gasteiger partial charge in [-0.25, -0.2) is 4.79 Å². The van der Waals surface area contributed by atoms with Gasteiger partial charge in [0.2, 0.25) is 6.04 Å². The van der Waals surface area contributed by atoms with Gasteiger partial charge in [-0.3, -0.25) is 0 Å². The van der Waals surface area contributed by atoms with Crippen molar-refractivity contribution >= 4 is 18.2 Å². The van der Waals surface area contributed by atoms with Crippen molar-refractivity contribution in [3.05, 3.63) is 0 Å². The lowest BCUT2D eigenvalue weighted by Crippen LogP contribution is -2.64. The lowest BCUT2D eigenvalue weighted by Gasteiger charge is -2.34. The largest absolute Gasteiger partial charge is 0.527 e. The van der Waals surface area contributed by atoms with Crippen LogP contribution >= 0.6 is 0 Å². The van der Waals surface area contributed by atoms with Crippen LogP contribution in [-0.4, -0.2) is 51.5 Å². The van der Waals surface area contributed by atoms with Crippen molar-refractivity contribution in [1.29, 1.82) is 0 Å². The predicted octanol–water partition coefficient (Wildman–Crippen LogP) is 2.92. The maximum Gasteiger partial charge on any atom is 0.527 e. The van der Waals surface area contributed by atoms with Gasteiger partial charge >= 0.3 is 18.2 Å². The van der Waals surface area contributed by atoms with Gasteiger partial charge in [0.1, 0.15) is 17.7 Å². The van der Waals surface area contributed by atoms with Crippen molar-refractivity contribution in [2.45, 2.75) is 71.6 Å². The molecule has 22 heavy (non-hydrogen) atoms. The van der Waals surface area contributed by atoms with Crippen LogP contribution in [0, 0.1) is 0 Å². The Morgan fingerprint density at radius 3 is 1.68 bits per heavy atom. The predicted molar refractivity (Wildman–Crippen MR) is 78.3 cm³/mol. The van der Waals surface area contributed by atoms with E-state index in [0.717, 1.165) is 0 Å². The zero-order valence-corrected chi connectivity index (χ0v) is 14.1. The molecular weight excluding hydrogens is 290 g/mol. The minimum atomic E-state index is -1.20. The Bertz CT molecular complexity index is 443. The fourth-order valence-electron chi connectivity index (χ4n) is 2.42. The molecule has 2 amide bonds. The van der Waals surface area contributed by atoms with Crippen LogP contribution in [0.5, 0.6) is 0 Å². The lowest BCUT2D eigenvalue weighted by molar-refractivity contribution is -0.791. The molecule has 1 aliphatic heterocycles. The first kappa shape index (κ1) is 18.4. The van der Waals surface area contributed by atoms with E-state index in [0.29, 0.717) is 6.42 Å². The Labute approximate surface area is 130 Å². The van der Waals surface area contributed by atoms with Crippen LogP contribution in [0.3, 0.4) is 0 Å². The van der Waals surface area contributed by atoms with Gasteiger partial charge in [-0.1, -0.05) is 0 Å². The highest BCUT2D eigenvalue weighted by Gasteiger charge is 2.62. The van der Waals surface area contributed by atoms with E-state index in [4.69, 9.17) is 9.47 Å². The van der Waals surface area contributed by atoms with E-state index in [1.165, 1.54) is 0 Å². The number of imide groups is 1. The molecule has 7 heteroatoms. The van der Waals surface area contributed by atoms with Crippen molar-refractivity contribution in [2.24, 2.45) is 0 Å². The molecule has 7 nitrogen and oxygen atoms in total. The second-order valence-corrected chi connectivity index (χ2v) is 7.55. The van der Waals surface area contributed by atoms with Gasteiger partial charge in [0, 0.05) is 12.8 Å². The molecule has 1 aliphatic rings. The molecule has 1 fully saturated rings. The summed E-state index contributed by atoms with van der Waals surface area (Å²) in [7, 11) is 0. The first-order valence-corrected chi connectivity index (χ1v) is 7.37. The summed E-state index contributed by atoms with van der Waals surface area (Å²) in [5.41, 5.74) is -1.65. The summed E-state index contributed by atoms with van der Waals surface area (Å²) >= 11 is 0. The third kappa shape index (κ3) is 3.97. The highest BCUT2D eigenvalue weighted by molar-refractivity contribution is 5.84. The number of aliphatic carboxylic acids is 1. The highest BCUT2D eigenvalue weighted by atomic mass is 16.6. The van der Waals surface area contributed by atoms with E-state index >= 15 is 0 Å². The number of carbonyl (C=O) groups is 3. The Kier molecular flexibility index (Phi) is 4.91. The van der Waals surface area contributed by atoms with E-state index in [9.17, 15) is 19.5 Å². The van der Waals surface area contributed by atoms with Gasteiger partial charge < -0.3 is 14.6 Å². The van der Waals surface area contributed by atoms with E-state index in [1.54, 1.807) is 41.5 Å². The van der Waals surface area contributed by atoms with Gasteiger partial charge in [0.25, 0.3) is 0 Å². The topological polar surface area (TPSA) is 89.9 Å². The SMILES string of the molecule is CC(C)(C)OC(=O)[N+]1(C(=O)OC(C)(C)C)CCC[C@H]1C(=O)O. The lowest BCUT2D eigenvalue weighted by atomic mass is 10.2. The molecule has 1 saturated heterocycles. The van der Waals surface area contributed by atoms with Crippen molar-refractivity contribution in [2.75, 3.05) is 6.54 Å². The number of hydrogen-bond acceptors (Lipinski definition) is 5. The average Bonchev–Trinajstić information content (AvgIpc) is 2.69. The van der Waals surface area contributed by atoms with E-state index < -0.39 is 39.9 Å². The minimum absolute atomic E-state index is 0.0702. The fourth-order valence-corrected chi connectivity index (χ4v) is 2.42. The van der Waals surface area contributed by atoms with Gasteiger partial charge in [0.05, 0.1) is 0 Å². The molecule has 126 valence electrons. The summed E-state index contributed by atoms with van der Waals surface area (Å²) in [4.78, 5) is 36.7. The number of hydrogen-bond donors (Lipinski definition) is 1. The summed E-state index contributed by atoms with van der Waals surface area (Å²) in [5.74, 6) is -1.20. The zero-order chi connectivity index (χ0) is 17.3. The number of rotatable bonds is 1. The second-order valence-electron chi connectivity index (χ2n) is 7.55. The van der Waals surface area contributed by atoms with Crippen LogP contribution in [0.15, 0.2) is 0 Å². The summed E-state index contributed by atoms with van der Waals surface area (Å²) in [6, 6.07) is -1.18. The third-order valence-electron chi connectivity index (χ3n) is 3.24. The van der Waals surface area contributed by atoms with Crippen LogP contribution in [0.2, 0.25) is 0 Å². The molecule has 0 aromatic heterocycles. The average molecular weight is 316 g/mol.